The highest BCUT2D eigenvalue weighted by Crippen LogP contribution is 2.44. The van der Waals surface area contributed by atoms with Crippen molar-refractivity contribution in [2.24, 2.45) is 10.8 Å². The van der Waals surface area contributed by atoms with E-state index in [9.17, 15) is 14.4 Å². The van der Waals surface area contributed by atoms with Gasteiger partial charge >= 0.3 is 11.9 Å². The molecule has 0 saturated carbocycles. The number of hydrogen-bond donors (Lipinski definition) is 0. The first-order chi connectivity index (χ1) is 17.1. The molecule has 0 aliphatic carbocycles. The minimum Gasteiger partial charge on any atom is -0.496 e. The van der Waals surface area contributed by atoms with E-state index in [4.69, 9.17) is 18.9 Å². The molecule has 0 N–H and O–H groups in total. The van der Waals surface area contributed by atoms with E-state index in [2.05, 4.69) is 0 Å². The molecule has 2 aromatic carbocycles. The van der Waals surface area contributed by atoms with Gasteiger partial charge in [0.15, 0.2) is 5.78 Å². The second-order valence-electron chi connectivity index (χ2n) is 10.8. The lowest BCUT2D eigenvalue weighted by atomic mass is 9.96. The number of ketones is 1. The lowest BCUT2D eigenvalue weighted by Crippen LogP contribution is -2.26. The third-order valence-electron chi connectivity index (χ3n) is 5.51. The summed E-state index contributed by atoms with van der Waals surface area (Å²) in [5.74, 6) is 0.672. The van der Waals surface area contributed by atoms with Gasteiger partial charge in [0.25, 0.3) is 0 Å². The molecule has 37 heavy (non-hydrogen) atoms. The molecule has 0 saturated heterocycles. The molecule has 0 fully saturated rings. The molecule has 2 rings (SSSR count). The fraction of sp³-hybridized carbons (Fsp3) is 0.433. The zero-order chi connectivity index (χ0) is 28.1. The van der Waals surface area contributed by atoms with Gasteiger partial charge in [-0.25, -0.2) is 0 Å². The lowest BCUT2D eigenvalue weighted by Gasteiger charge is -2.23. The third kappa shape index (κ3) is 7.21. The zero-order valence-corrected chi connectivity index (χ0v) is 23.5. The van der Waals surface area contributed by atoms with E-state index in [1.54, 1.807) is 85.7 Å². The molecule has 0 amide bonds. The largest absolute Gasteiger partial charge is 0.496 e. The maximum absolute atomic E-state index is 12.9. The van der Waals surface area contributed by atoms with Crippen molar-refractivity contribution in [1.82, 2.24) is 0 Å². The Morgan fingerprint density at radius 1 is 0.784 bits per heavy atom. The molecule has 0 aliphatic heterocycles. The monoisotopic (exact) mass is 510 g/mol. The Bertz CT molecular complexity index is 1190. The molecular formula is C30H38O7. The van der Waals surface area contributed by atoms with Gasteiger partial charge in [0.05, 0.1) is 30.1 Å². The number of hydrogen-bond acceptors (Lipinski definition) is 7. The topological polar surface area (TPSA) is 88.1 Å². The Labute approximate surface area is 219 Å². The molecule has 0 aliphatic rings. The van der Waals surface area contributed by atoms with Crippen LogP contribution in [0, 0.1) is 24.7 Å². The molecule has 0 atom stereocenters. The average molecular weight is 511 g/mol. The van der Waals surface area contributed by atoms with Crippen molar-refractivity contribution in [2.45, 2.75) is 62.3 Å². The van der Waals surface area contributed by atoms with Crippen LogP contribution in [0.2, 0.25) is 0 Å². The van der Waals surface area contributed by atoms with Crippen LogP contribution in [0.4, 0.5) is 0 Å². The highest BCUT2D eigenvalue weighted by Gasteiger charge is 2.28. The fourth-order valence-electron chi connectivity index (χ4n) is 3.34. The van der Waals surface area contributed by atoms with Gasteiger partial charge in [-0.1, -0.05) is 0 Å². The second kappa shape index (κ2) is 11.6. The first-order valence-electron chi connectivity index (χ1n) is 12.2. The van der Waals surface area contributed by atoms with Crippen molar-refractivity contribution < 1.29 is 33.3 Å². The highest BCUT2D eigenvalue weighted by molar-refractivity contribution is 6.07. The van der Waals surface area contributed by atoms with Crippen LogP contribution in [-0.4, -0.2) is 31.4 Å². The first-order valence-corrected chi connectivity index (χ1v) is 12.2. The normalized spacial score (nSPS) is 11.8. The number of esters is 2. The van der Waals surface area contributed by atoms with Crippen molar-refractivity contribution in [2.75, 3.05) is 13.7 Å². The van der Waals surface area contributed by atoms with Gasteiger partial charge in [-0.15, -0.1) is 0 Å². The molecule has 0 unspecified atom stereocenters. The van der Waals surface area contributed by atoms with Gasteiger partial charge in [-0.2, -0.15) is 0 Å². The summed E-state index contributed by atoms with van der Waals surface area (Å²) in [6, 6.07) is 6.38. The molecule has 0 spiro atoms. The zero-order valence-electron chi connectivity index (χ0n) is 23.5. The van der Waals surface area contributed by atoms with Crippen molar-refractivity contribution in [3.05, 3.63) is 52.6 Å². The molecule has 0 heterocycles. The van der Waals surface area contributed by atoms with E-state index >= 15 is 0 Å². The predicted molar refractivity (Wildman–Crippen MR) is 144 cm³/mol. The lowest BCUT2D eigenvalue weighted by molar-refractivity contribution is -0.143. The molecule has 200 valence electrons. The molecule has 0 aromatic heterocycles. The van der Waals surface area contributed by atoms with Gasteiger partial charge in [0, 0.05) is 16.7 Å². The number of benzene rings is 2. The van der Waals surface area contributed by atoms with Crippen LogP contribution in [0.3, 0.4) is 0 Å². The molecule has 7 heteroatoms. The summed E-state index contributed by atoms with van der Waals surface area (Å²) in [5, 5.41) is 0. The van der Waals surface area contributed by atoms with Crippen LogP contribution in [0.1, 0.15) is 75.5 Å². The van der Waals surface area contributed by atoms with Crippen LogP contribution in [0.15, 0.2) is 30.3 Å². The van der Waals surface area contributed by atoms with Gasteiger partial charge in [0.1, 0.15) is 23.0 Å². The number of rotatable bonds is 8. The SMILES string of the molecule is CCOc1c(C)c(OC(=O)C(C)(C)C)c(C)c(OC)c1C=CC(=O)c1ccc(OC(=O)C(C)(C)C)cc1. The Kier molecular flexibility index (Phi) is 9.31. The van der Waals surface area contributed by atoms with Crippen molar-refractivity contribution in [1.29, 1.82) is 0 Å². The molecule has 0 radical (unpaired) electrons. The molecule has 0 bridgehead atoms. The van der Waals surface area contributed by atoms with Crippen LogP contribution in [0.25, 0.3) is 6.08 Å². The van der Waals surface area contributed by atoms with E-state index in [1.807, 2.05) is 6.92 Å². The highest BCUT2D eigenvalue weighted by atomic mass is 16.5. The van der Waals surface area contributed by atoms with Gasteiger partial charge in [-0.05, 0) is 98.7 Å². The van der Waals surface area contributed by atoms with E-state index in [-0.39, 0.29) is 17.7 Å². The second-order valence-corrected chi connectivity index (χ2v) is 10.8. The molecular weight excluding hydrogens is 472 g/mol. The van der Waals surface area contributed by atoms with E-state index in [1.165, 1.54) is 13.2 Å². The number of allylic oxidation sites excluding steroid dienone is 1. The summed E-state index contributed by atoms with van der Waals surface area (Å²) in [7, 11) is 1.51. The summed E-state index contributed by atoms with van der Waals surface area (Å²) < 4.78 is 22.7. The summed E-state index contributed by atoms with van der Waals surface area (Å²) >= 11 is 0. The van der Waals surface area contributed by atoms with Crippen LogP contribution >= 0.6 is 0 Å². The average Bonchev–Trinajstić information content (AvgIpc) is 2.81. The van der Waals surface area contributed by atoms with Crippen LogP contribution < -0.4 is 18.9 Å². The summed E-state index contributed by atoms with van der Waals surface area (Å²) in [4.78, 5) is 37.6. The van der Waals surface area contributed by atoms with Gasteiger partial charge < -0.3 is 18.9 Å². The van der Waals surface area contributed by atoms with E-state index in [0.29, 0.717) is 51.9 Å². The maximum atomic E-state index is 12.9. The van der Waals surface area contributed by atoms with Crippen LogP contribution in [0.5, 0.6) is 23.0 Å². The van der Waals surface area contributed by atoms with Crippen LogP contribution in [-0.2, 0) is 9.59 Å². The summed E-state index contributed by atoms with van der Waals surface area (Å²) in [6.45, 7) is 16.5. The minimum atomic E-state index is -0.691. The number of ether oxygens (including phenoxy) is 4. The van der Waals surface area contributed by atoms with Crippen molar-refractivity contribution in [3.8, 4) is 23.0 Å². The Balaban J connectivity index is 2.43. The van der Waals surface area contributed by atoms with E-state index < -0.39 is 10.8 Å². The van der Waals surface area contributed by atoms with Crippen molar-refractivity contribution in [3.63, 3.8) is 0 Å². The number of carbonyl (C=O) groups excluding carboxylic acids is 3. The smallest absolute Gasteiger partial charge is 0.316 e. The fourth-order valence-corrected chi connectivity index (χ4v) is 3.34. The van der Waals surface area contributed by atoms with E-state index in [0.717, 1.165) is 0 Å². The minimum absolute atomic E-state index is 0.253. The van der Waals surface area contributed by atoms with Gasteiger partial charge in [0.2, 0.25) is 0 Å². The number of methoxy groups -OCH3 is 1. The van der Waals surface area contributed by atoms with Crippen molar-refractivity contribution >= 4 is 23.8 Å². The summed E-state index contributed by atoms with van der Waals surface area (Å²) in [6.07, 6.45) is 3.06. The molecule has 2 aromatic rings. The Morgan fingerprint density at radius 3 is 1.78 bits per heavy atom. The Morgan fingerprint density at radius 2 is 1.30 bits per heavy atom. The predicted octanol–water partition coefficient (Wildman–Crippen LogP) is 6.51. The first kappa shape index (κ1) is 29.6. The quantitative estimate of drug-likeness (QED) is 0.173. The Hall–Kier alpha value is -3.61. The summed E-state index contributed by atoms with van der Waals surface area (Å²) in [5.41, 5.74) is 0.925. The van der Waals surface area contributed by atoms with Gasteiger partial charge in [-0.3, -0.25) is 14.4 Å². The number of carbonyl (C=O) groups is 3. The maximum Gasteiger partial charge on any atom is 0.316 e. The third-order valence-corrected chi connectivity index (χ3v) is 5.51. The molecule has 7 nitrogen and oxygen atoms in total. The standard InChI is InChI=1S/C30H38O7/c1-11-35-26-19(3)24(37-28(33)30(7,8)9)18(2)25(34-10)22(26)16-17-23(31)20-12-14-21(15-13-20)36-27(32)29(4,5)6/h12-17H,11H2,1-10H3.